The largest absolute Gasteiger partial charge is 0.497 e. The van der Waals surface area contributed by atoms with Gasteiger partial charge >= 0.3 is 0 Å². The first kappa shape index (κ1) is 22.7. The number of nitrogens with one attached hydrogen (secondary N) is 3. The lowest BCUT2D eigenvalue weighted by atomic mass is 10.0. The quantitative estimate of drug-likeness (QED) is 0.542. The van der Waals surface area contributed by atoms with Crippen LogP contribution in [0.4, 0.5) is 0 Å². The van der Waals surface area contributed by atoms with Gasteiger partial charge in [0.15, 0.2) is 0 Å². The molecule has 0 radical (unpaired) electrons. The summed E-state index contributed by atoms with van der Waals surface area (Å²) in [6, 6.07) is 14.9. The normalized spacial score (nSPS) is 19.0. The number of rotatable bonds is 7. The fraction of sp³-hybridized carbons (Fsp3) is 0.333. The second-order valence-corrected chi connectivity index (χ2v) is 6.78. The van der Waals surface area contributed by atoms with Gasteiger partial charge in [-0.2, -0.15) is 0 Å². The van der Waals surface area contributed by atoms with Crippen molar-refractivity contribution < 1.29 is 19.4 Å². The van der Waals surface area contributed by atoms with E-state index < -0.39 is 12.1 Å². The molecule has 0 spiro atoms. The molecular formula is C21H26ClN3O4. The SMILES string of the molecule is COc1ccc(C(=O)NC(C(=O)NCC2CNCC2O)c2ccccc2)cc1.Cl. The molecule has 0 saturated carbocycles. The molecule has 3 rings (SSSR count). The van der Waals surface area contributed by atoms with Crippen molar-refractivity contribution >= 4 is 24.2 Å². The number of amides is 2. The van der Waals surface area contributed by atoms with Gasteiger partial charge in [0.05, 0.1) is 13.2 Å². The first-order valence-electron chi connectivity index (χ1n) is 9.25. The number of methoxy groups -OCH3 is 1. The molecule has 0 aliphatic carbocycles. The fourth-order valence-corrected chi connectivity index (χ4v) is 3.16. The summed E-state index contributed by atoms with van der Waals surface area (Å²) in [6.45, 7) is 1.52. The number of aliphatic hydroxyl groups excluding tert-OH is 1. The van der Waals surface area contributed by atoms with E-state index in [0.717, 1.165) is 0 Å². The molecule has 4 N–H and O–H groups in total. The first-order valence-corrected chi connectivity index (χ1v) is 9.25. The number of halogens is 1. The molecule has 1 heterocycles. The summed E-state index contributed by atoms with van der Waals surface area (Å²) in [5, 5.41) is 18.6. The monoisotopic (exact) mass is 419 g/mol. The van der Waals surface area contributed by atoms with E-state index in [-0.39, 0.29) is 30.1 Å². The lowest BCUT2D eigenvalue weighted by Gasteiger charge is -2.21. The van der Waals surface area contributed by atoms with E-state index >= 15 is 0 Å². The van der Waals surface area contributed by atoms with Crippen molar-refractivity contribution in [2.45, 2.75) is 12.1 Å². The van der Waals surface area contributed by atoms with Crippen molar-refractivity contribution in [1.29, 1.82) is 0 Å². The minimum atomic E-state index is -0.831. The Hall–Kier alpha value is -2.61. The van der Waals surface area contributed by atoms with E-state index in [1.807, 2.05) is 18.2 Å². The molecule has 1 aliphatic heterocycles. The van der Waals surface area contributed by atoms with Crippen LogP contribution in [0.3, 0.4) is 0 Å². The molecule has 1 aliphatic rings. The lowest BCUT2D eigenvalue weighted by molar-refractivity contribution is -0.123. The Morgan fingerprint density at radius 1 is 1.14 bits per heavy atom. The third-order valence-electron chi connectivity index (χ3n) is 4.87. The van der Waals surface area contributed by atoms with Crippen LogP contribution in [-0.2, 0) is 4.79 Å². The Kier molecular flexibility index (Phi) is 8.45. The third kappa shape index (κ3) is 5.93. The number of aliphatic hydroxyl groups is 1. The van der Waals surface area contributed by atoms with Crippen LogP contribution in [0, 0.1) is 5.92 Å². The van der Waals surface area contributed by atoms with E-state index in [1.165, 1.54) is 0 Å². The Balaban J connectivity index is 0.00000300. The third-order valence-corrected chi connectivity index (χ3v) is 4.87. The minimum Gasteiger partial charge on any atom is -0.497 e. The van der Waals surface area contributed by atoms with E-state index in [9.17, 15) is 14.7 Å². The van der Waals surface area contributed by atoms with Gasteiger partial charge in [0.25, 0.3) is 5.91 Å². The maximum Gasteiger partial charge on any atom is 0.252 e. The highest BCUT2D eigenvalue weighted by atomic mass is 35.5. The van der Waals surface area contributed by atoms with Crippen molar-refractivity contribution in [2.24, 2.45) is 5.92 Å². The number of carbonyl (C=O) groups is 2. The summed E-state index contributed by atoms with van der Waals surface area (Å²) >= 11 is 0. The molecule has 3 atom stereocenters. The number of hydrogen-bond acceptors (Lipinski definition) is 5. The Bertz CT molecular complexity index is 801. The Morgan fingerprint density at radius 3 is 2.41 bits per heavy atom. The zero-order valence-electron chi connectivity index (χ0n) is 16.1. The molecule has 2 amide bonds. The molecule has 8 heteroatoms. The second-order valence-electron chi connectivity index (χ2n) is 6.78. The van der Waals surface area contributed by atoms with Crippen molar-refractivity contribution in [2.75, 3.05) is 26.7 Å². The van der Waals surface area contributed by atoms with Crippen molar-refractivity contribution in [3.63, 3.8) is 0 Å². The van der Waals surface area contributed by atoms with Crippen LogP contribution in [0.15, 0.2) is 54.6 Å². The standard InChI is InChI=1S/C21H25N3O4.ClH/c1-28-17-9-7-15(8-10-17)20(26)24-19(14-5-3-2-4-6-14)21(27)23-12-16-11-22-13-18(16)25;/h2-10,16,18-19,22,25H,11-13H2,1H3,(H,23,27)(H,24,26);1H. The average Bonchev–Trinajstić information content (AvgIpc) is 3.15. The molecule has 29 heavy (non-hydrogen) atoms. The second kappa shape index (κ2) is 10.8. The van der Waals surface area contributed by atoms with E-state index in [0.29, 0.717) is 36.5 Å². The predicted octanol–water partition coefficient (Wildman–Crippen LogP) is 1.28. The molecule has 1 saturated heterocycles. The van der Waals surface area contributed by atoms with Crippen LogP contribution in [0.1, 0.15) is 22.0 Å². The summed E-state index contributed by atoms with van der Waals surface area (Å²) in [5.41, 5.74) is 1.12. The number of benzene rings is 2. The molecular weight excluding hydrogens is 394 g/mol. The summed E-state index contributed by atoms with van der Waals surface area (Å²) in [6.07, 6.45) is -0.482. The van der Waals surface area contributed by atoms with Crippen LogP contribution in [-0.4, -0.2) is 49.8 Å². The van der Waals surface area contributed by atoms with Gasteiger partial charge in [-0.1, -0.05) is 30.3 Å². The zero-order chi connectivity index (χ0) is 19.9. The van der Waals surface area contributed by atoms with Crippen LogP contribution in [0.2, 0.25) is 0 Å². The average molecular weight is 420 g/mol. The minimum absolute atomic E-state index is 0. The summed E-state index contributed by atoms with van der Waals surface area (Å²) in [7, 11) is 1.56. The highest BCUT2D eigenvalue weighted by Crippen LogP contribution is 2.16. The Labute approximate surface area is 176 Å². The molecule has 7 nitrogen and oxygen atoms in total. The van der Waals surface area contributed by atoms with Crippen LogP contribution in [0.5, 0.6) is 5.75 Å². The van der Waals surface area contributed by atoms with Crippen LogP contribution < -0.4 is 20.7 Å². The van der Waals surface area contributed by atoms with E-state index in [1.54, 1.807) is 43.5 Å². The topological polar surface area (TPSA) is 99.7 Å². The molecule has 2 aromatic carbocycles. The van der Waals surface area contributed by atoms with Crippen LogP contribution >= 0.6 is 12.4 Å². The van der Waals surface area contributed by atoms with Gasteiger partial charge in [0.2, 0.25) is 5.91 Å². The summed E-state index contributed by atoms with van der Waals surface area (Å²) in [5.74, 6) is -0.0586. The van der Waals surface area contributed by atoms with Crippen molar-refractivity contribution in [3.05, 3.63) is 65.7 Å². The number of ether oxygens (including phenoxy) is 1. The van der Waals surface area contributed by atoms with Gasteiger partial charge in [-0.3, -0.25) is 9.59 Å². The first-order chi connectivity index (χ1) is 13.6. The number of hydrogen-bond donors (Lipinski definition) is 4. The summed E-state index contributed by atoms with van der Waals surface area (Å²) in [4.78, 5) is 25.5. The molecule has 3 unspecified atom stereocenters. The molecule has 0 bridgehead atoms. The van der Waals surface area contributed by atoms with E-state index in [4.69, 9.17) is 4.74 Å². The molecule has 1 fully saturated rings. The lowest BCUT2D eigenvalue weighted by Crippen LogP contribution is -2.43. The van der Waals surface area contributed by atoms with E-state index in [2.05, 4.69) is 16.0 Å². The van der Waals surface area contributed by atoms with Gasteiger partial charge < -0.3 is 25.8 Å². The highest BCUT2D eigenvalue weighted by Gasteiger charge is 2.28. The fourth-order valence-electron chi connectivity index (χ4n) is 3.16. The maximum absolute atomic E-state index is 12.8. The van der Waals surface area contributed by atoms with Gasteiger partial charge in [-0.25, -0.2) is 0 Å². The molecule has 2 aromatic rings. The summed E-state index contributed by atoms with van der Waals surface area (Å²) < 4.78 is 5.11. The smallest absolute Gasteiger partial charge is 0.252 e. The molecule has 0 aromatic heterocycles. The van der Waals surface area contributed by atoms with Gasteiger partial charge in [0, 0.05) is 31.1 Å². The van der Waals surface area contributed by atoms with Gasteiger partial charge in [0.1, 0.15) is 11.8 Å². The number of carbonyl (C=O) groups excluding carboxylic acids is 2. The highest BCUT2D eigenvalue weighted by molar-refractivity contribution is 5.98. The number of β-amino-alcohol motifs (C(OH)–C–C–N with tert-alkyl or cyclic N) is 1. The Morgan fingerprint density at radius 2 is 1.83 bits per heavy atom. The zero-order valence-corrected chi connectivity index (χ0v) is 16.9. The van der Waals surface area contributed by atoms with Gasteiger partial charge in [-0.15, -0.1) is 12.4 Å². The van der Waals surface area contributed by atoms with Crippen LogP contribution in [0.25, 0.3) is 0 Å². The van der Waals surface area contributed by atoms with Gasteiger partial charge in [-0.05, 0) is 29.8 Å². The van der Waals surface area contributed by atoms with Crippen molar-refractivity contribution in [3.8, 4) is 5.75 Å². The van der Waals surface area contributed by atoms with Crippen molar-refractivity contribution in [1.82, 2.24) is 16.0 Å². The molecule has 156 valence electrons. The maximum atomic E-state index is 12.8. The predicted molar refractivity (Wildman–Crippen MR) is 112 cm³/mol.